The first-order valence-corrected chi connectivity index (χ1v) is 5.80. The Morgan fingerprint density at radius 3 is 3.00 bits per heavy atom. The molecule has 2 unspecified atom stereocenters. The van der Waals surface area contributed by atoms with Gasteiger partial charge in [0, 0.05) is 6.54 Å². The van der Waals surface area contributed by atoms with Crippen molar-refractivity contribution in [1.82, 2.24) is 4.90 Å². The number of alkyl halides is 1. The van der Waals surface area contributed by atoms with Crippen LogP contribution in [0.5, 0.6) is 0 Å². The van der Waals surface area contributed by atoms with Crippen LogP contribution in [0.25, 0.3) is 0 Å². The van der Waals surface area contributed by atoms with Gasteiger partial charge < -0.3 is 9.64 Å². The van der Waals surface area contributed by atoms with Crippen molar-refractivity contribution < 1.29 is 14.3 Å². The second-order valence-corrected chi connectivity index (χ2v) is 4.50. The Morgan fingerprint density at radius 1 is 1.64 bits per heavy atom. The van der Waals surface area contributed by atoms with Gasteiger partial charge in [-0.1, -0.05) is 15.9 Å². The van der Waals surface area contributed by atoms with Gasteiger partial charge in [0.05, 0.1) is 5.33 Å². The first-order valence-electron chi connectivity index (χ1n) is 4.68. The van der Waals surface area contributed by atoms with E-state index in [2.05, 4.69) is 15.9 Å². The number of morpholine rings is 1. The summed E-state index contributed by atoms with van der Waals surface area (Å²) >= 11 is 3.21. The minimum absolute atomic E-state index is 0.0727. The van der Waals surface area contributed by atoms with Gasteiger partial charge in [-0.15, -0.1) is 0 Å². The van der Waals surface area contributed by atoms with E-state index < -0.39 is 5.60 Å². The van der Waals surface area contributed by atoms with E-state index in [1.165, 1.54) is 0 Å². The lowest BCUT2D eigenvalue weighted by Gasteiger charge is -2.39. The zero-order valence-electron chi connectivity index (χ0n) is 7.96. The standard InChI is InChI=1S/C9H12BrNO3/c1-9(5-10)8(13)11-4-2-3-6(11)7(12)14-9/h6H,2-5H2,1H3. The molecular weight excluding hydrogens is 250 g/mol. The average molecular weight is 262 g/mol. The van der Waals surface area contributed by atoms with Crippen molar-refractivity contribution in [3.8, 4) is 0 Å². The van der Waals surface area contributed by atoms with Gasteiger partial charge in [-0.05, 0) is 19.8 Å². The fraction of sp³-hybridized carbons (Fsp3) is 0.778. The molecule has 5 heteroatoms. The number of cyclic esters (lactones) is 1. The first-order chi connectivity index (χ1) is 6.58. The van der Waals surface area contributed by atoms with Gasteiger partial charge in [0.15, 0.2) is 5.60 Å². The number of nitrogens with zero attached hydrogens (tertiary/aromatic N) is 1. The van der Waals surface area contributed by atoms with Crippen LogP contribution in [-0.4, -0.2) is 40.3 Å². The van der Waals surface area contributed by atoms with Crippen LogP contribution in [0.4, 0.5) is 0 Å². The number of halogens is 1. The molecule has 2 saturated heterocycles. The van der Waals surface area contributed by atoms with Crippen molar-refractivity contribution in [2.24, 2.45) is 0 Å². The normalized spacial score (nSPS) is 37.0. The van der Waals surface area contributed by atoms with Crippen molar-refractivity contribution >= 4 is 27.8 Å². The lowest BCUT2D eigenvalue weighted by molar-refractivity contribution is -0.185. The molecular formula is C9H12BrNO3. The molecule has 0 spiro atoms. The third kappa shape index (κ3) is 1.26. The molecule has 1 amide bonds. The molecule has 0 saturated carbocycles. The van der Waals surface area contributed by atoms with Gasteiger partial charge in [0.2, 0.25) is 0 Å². The fourth-order valence-electron chi connectivity index (χ4n) is 1.98. The molecule has 2 atom stereocenters. The molecule has 78 valence electrons. The lowest BCUT2D eigenvalue weighted by Crippen LogP contribution is -2.60. The SMILES string of the molecule is CC1(CBr)OC(=O)C2CCCN2C1=O. The molecule has 14 heavy (non-hydrogen) atoms. The minimum Gasteiger partial charge on any atom is -0.447 e. The highest BCUT2D eigenvalue weighted by atomic mass is 79.9. The molecule has 0 aromatic rings. The van der Waals surface area contributed by atoms with E-state index in [0.29, 0.717) is 11.9 Å². The van der Waals surface area contributed by atoms with Crippen molar-refractivity contribution in [1.29, 1.82) is 0 Å². The molecule has 2 aliphatic heterocycles. The predicted molar refractivity (Wildman–Crippen MR) is 53.0 cm³/mol. The van der Waals surface area contributed by atoms with Crippen LogP contribution < -0.4 is 0 Å². The summed E-state index contributed by atoms with van der Waals surface area (Å²) < 4.78 is 5.17. The number of ether oxygens (including phenoxy) is 1. The van der Waals surface area contributed by atoms with E-state index in [-0.39, 0.29) is 17.9 Å². The van der Waals surface area contributed by atoms with E-state index in [4.69, 9.17) is 4.74 Å². The molecule has 0 aromatic carbocycles. The second kappa shape index (κ2) is 3.22. The first kappa shape index (κ1) is 9.96. The zero-order chi connectivity index (χ0) is 10.3. The Kier molecular flexibility index (Phi) is 2.29. The second-order valence-electron chi connectivity index (χ2n) is 3.94. The highest BCUT2D eigenvalue weighted by Crippen LogP contribution is 2.31. The van der Waals surface area contributed by atoms with Crippen molar-refractivity contribution in [3.05, 3.63) is 0 Å². The number of amides is 1. The fourth-order valence-corrected chi connectivity index (χ4v) is 2.33. The largest absolute Gasteiger partial charge is 0.447 e. The molecule has 2 rings (SSSR count). The lowest BCUT2D eigenvalue weighted by atomic mass is 10.0. The van der Waals surface area contributed by atoms with Crippen LogP contribution in [0.15, 0.2) is 0 Å². The summed E-state index contributed by atoms with van der Waals surface area (Å²) in [7, 11) is 0. The van der Waals surface area contributed by atoms with E-state index in [1.54, 1.807) is 11.8 Å². The van der Waals surface area contributed by atoms with Crippen molar-refractivity contribution in [3.63, 3.8) is 0 Å². The van der Waals surface area contributed by atoms with Crippen LogP contribution in [0.2, 0.25) is 0 Å². The quantitative estimate of drug-likeness (QED) is 0.516. The van der Waals surface area contributed by atoms with Crippen LogP contribution in [0, 0.1) is 0 Å². The van der Waals surface area contributed by atoms with Gasteiger partial charge in [0.25, 0.3) is 5.91 Å². The predicted octanol–water partition coefficient (Wildman–Crippen LogP) is 0.688. The molecule has 0 bridgehead atoms. The van der Waals surface area contributed by atoms with E-state index >= 15 is 0 Å². The van der Waals surface area contributed by atoms with Crippen LogP contribution >= 0.6 is 15.9 Å². The number of fused-ring (bicyclic) bond motifs is 1. The van der Waals surface area contributed by atoms with Gasteiger partial charge in [-0.2, -0.15) is 0 Å². The molecule has 0 aliphatic carbocycles. The van der Waals surface area contributed by atoms with Crippen molar-refractivity contribution in [2.45, 2.75) is 31.4 Å². The highest BCUT2D eigenvalue weighted by molar-refractivity contribution is 9.09. The van der Waals surface area contributed by atoms with Gasteiger partial charge in [-0.25, -0.2) is 4.79 Å². The molecule has 0 aromatic heterocycles. The summed E-state index contributed by atoms with van der Waals surface area (Å²) in [5, 5.41) is 0.355. The number of rotatable bonds is 1. The summed E-state index contributed by atoms with van der Waals surface area (Å²) in [6.07, 6.45) is 1.63. The molecule has 4 nitrogen and oxygen atoms in total. The minimum atomic E-state index is -1.00. The molecule has 0 radical (unpaired) electrons. The Labute approximate surface area is 90.7 Å². The van der Waals surface area contributed by atoms with Crippen LogP contribution in [0.1, 0.15) is 19.8 Å². The maximum absolute atomic E-state index is 11.9. The van der Waals surface area contributed by atoms with Gasteiger partial charge in [0.1, 0.15) is 6.04 Å². The molecule has 2 fully saturated rings. The highest BCUT2D eigenvalue weighted by Gasteiger charge is 2.51. The summed E-state index contributed by atoms with van der Waals surface area (Å²) in [6.45, 7) is 2.33. The van der Waals surface area contributed by atoms with E-state index in [0.717, 1.165) is 12.8 Å². The Balaban J connectivity index is 2.29. The zero-order valence-corrected chi connectivity index (χ0v) is 9.54. The number of hydrogen-bond donors (Lipinski definition) is 0. The average Bonchev–Trinajstić information content (AvgIpc) is 2.63. The van der Waals surface area contributed by atoms with Gasteiger partial charge in [-0.3, -0.25) is 4.79 Å². The van der Waals surface area contributed by atoms with E-state index in [9.17, 15) is 9.59 Å². The number of carbonyl (C=O) groups excluding carboxylic acids is 2. The number of carbonyl (C=O) groups is 2. The number of esters is 1. The Bertz CT molecular complexity index is 294. The van der Waals surface area contributed by atoms with Gasteiger partial charge >= 0.3 is 5.97 Å². The monoisotopic (exact) mass is 261 g/mol. The van der Waals surface area contributed by atoms with Crippen LogP contribution in [-0.2, 0) is 14.3 Å². The van der Waals surface area contributed by atoms with Crippen molar-refractivity contribution in [2.75, 3.05) is 11.9 Å². The van der Waals surface area contributed by atoms with E-state index in [1.807, 2.05) is 0 Å². The molecule has 0 N–H and O–H groups in total. The summed E-state index contributed by atoms with van der Waals surface area (Å²) in [5.74, 6) is -0.333. The Morgan fingerprint density at radius 2 is 2.36 bits per heavy atom. The third-order valence-electron chi connectivity index (χ3n) is 2.82. The maximum atomic E-state index is 11.9. The third-order valence-corrected chi connectivity index (χ3v) is 3.89. The maximum Gasteiger partial charge on any atom is 0.329 e. The Hall–Kier alpha value is -0.580. The summed E-state index contributed by atoms with van der Waals surface area (Å²) in [6, 6.07) is -0.324. The summed E-state index contributed by atoms with van der Waals surface area (Å²) in [4.78, 5) is 25.1. The summed E-state index contributed by atoms with van der Waals surface area (Å²) in [5.41, 5.74) is -1.00. The van der Waals surface area contributed by atoms with Crippen LogP contribution in [0.3, 0.4) is 0 Å². The molecule has 2 aliphatic rings. The molecule has 2 heterocycles. The number of hydrogen-bond acceptors (Lipinski definition) is 3. The topological polar surface area (TPSA) is 46.6 Å². The smallest absolute Gasteiger partial charge is 0.329 e.